The first-order chi connectivity index (χ1) is 11.7. The van der Waals surface area contributed by atoms with E-state index in [-0.39, 0.29) is 41.6 Å². The molecule has 7 heteroatoms. The van der Waals surface area contributed by atoms with Gasteiger partial charge in [0.15, 0.2) is 0 Å². The van der Waals surface area contributed by atoms with Crippen molar-refractivity contribution in [2.45, 2.75) is 44.6 Å². The van der Waals surface area contributed by atoms with Crippen LogP contribution in [0.15, 0.2) is 0 Å². The molecule has 2 unspecified atom stereocenters. The lowest BCUT2D eigenvalue weighted by molar-refractivity contribution is -0.151. The van der Waals surface area contributed by atoms with E-state index in [1.54, 1.807) is 0 Å². The molecule has 1 spiro atoms. The standard InChI is InChI=1S/C18H29N3O3.ClH/c22-16(14-13-18(14)4-6-19-7-5-18)21-8-2-1-3-15(21)17(23)20-9-11-24-12-10-20;/h14-15,19H,1-13H2;1H. The molecule has 1 N–H and O–H groups in total. The fraction of sp³-hybridized carbons (Fsp3) is 0.889. The minimum absolute atomic E-state index is 0. The maximum atomic E-state index is 13.1. The molecule has 1 saturated carbocycles. The van der Waals surface area contributed by atoms with Crippen LogP contribution < -0.4 is 5.32 Å². The van der Waals surface area contributed by atoms with E-state index in [9.17, 15) is 9.59 Å². The number of likely N-dealkylation sites (tertiary alicyclic amines) is 1. The Labute approximate surface area is 156 Å². The summed E-state index contributed by atoms with van der Waals surface area (Å²) in [5.74, 6) is 0.562. The average Bonchev–Trinajstić information content (AvgIpc) is 3.34. The van der Waals surface area contributed by atoms with E-state index in [0.717, 1.165) is 58.2 Å². The van der Waals surface area contributed by atoms with E-state index in [4.69, 9.17) is 4.74 Å². The van der Waals surface area contributed by atoms with E-state index >= 15 is 0 Å². The van der Waals surface area contributed by atoms with Crippen molar-refractivity contribution in [3.63, 3.8) is 0 Å². The summed E-state index contributed by atoms with van der Waals surface area (Å²) in [7, 11) is 0. The summed E-state index contributed by atoms with van der Waals surface area (Å²) in [6, 6.07) is -0.233. The van der Waals surface area contributed by atoms with Crippen LogP contribution in [-0.2, 0) is 14.3 Å². The number of morpholine rings is 1. The molecule has 0 bridgehead atoms. The normalized spacial score (nSPS) is 31.4. The Morgan fingerprint density at radius 1 is 1.00 bits per heavy atom. The molecule has 2 atom stereocenters. The van der Waals surface area contributed by atoms with Crippen molar-refractivity contribution < 1.29 is 14.3 Å². The number of halogens is 1. The fourth-order valence-electron chi connectivity index (χ4n) is 4.82. The molecule has 0 aromatic rings. The smallest absolute Gasteiger partial charge is 0.245 e. The number of carbonyl (C=O) groups excluding carboxylic acids is 2. The highest BCUT2D eigenvalue weighted by Gasteiger charge is 2.59. The number of piperidine rings is 2. The van der Waals surface area contributed by atoms with Gasteiger partial charge in [0.25, 0.3) is 0 Å². The van der Waals surface area contributed by atoms with Gasteiger partial charge in [-0.1, -0.05) is 0 Å². The zero-order valence-electron chi connectivity index (χ0n) is 14.9. The molecule has 3 heterocycles. The van der Waals surface area contributed by atoms with Gasteiger partial charge in [-0.25, -0.2) is 0 Å². The van der Waals surface area contributed by atoms with Crippen molar-refractivity contribution in [2.24, 2.45) is 11.3 Å². The van der Waals surface area contributed by atoms with Crippen LogP contribution in [0.25, 0.3) is 0 Å². The lowest BCUT2D eigenvalue weighted by Gasteiger charge is -2.39. The number of carbonyl (C=O) groups is 2. The average molecular weight is 372 g/mol. The molecule has 2 amide bonds. The minimum Gasteiger partial charge on any atom is -0.378 e. The quantitative estimate of drug-likeness (QED) is 0.787. The van der Waals surface area contributed by atoms with Crippen molar-refractivity contribution in [1.29, 1.82) is 0 Å². The molecule has 0 radical (unpaired) electrons. The summed E-state index contributed by atoms with van der Waals surface area (Å²) in [5, 5.41) is 3.39. The SMILES string of the molecule is Cl.O=C(C1CCCCN1C(=O)C1CC12CCNCC2)N1CCOCC1. The first-order valence-electron chi connectivity index (χ1n) is 9.59. The van der Waals surface area contributed by atoms with Gasteiger partial charge in [-0.3, -0.25) is 9.59 Å². The molecule has 6 nitrogen and oxygen atoms in total. The number of ether oxygens (including phenoxy) is 1. The van der Waals surface area contributed by atoms with E-state index in [2.05, 4.69) is 5.32 Å². The van der Waals surface area contributed by atoms with E-state index < -0.39 is 0 Å². The first kappa shape index (κ1) is 18.9. The molecule has 1 aliphatic carbocycles. The lowest BCUT2D eigenvalue weighted by atomic mass is 9.91. The molecule has 142 valence electrons. The number of nitrogens with one attached hydrogen (secondary N) is 1. The highest BCUT2D eigenvalue weighted by molar-refractivity contribution is 5.90. The number of hydrogen-bond acceptors (Lipinski definition) is 4. The number of amides is 2. The predicted octanol–water partition coefficient (Wildman–Crippen LogP) is 1.04. The zero-order valence-corrected chi connectivity index (χ0v) is 15.7. The van der Waals surface area contributed by atoms with Gasteiger partial charge in [0, 0.05) is 25.6 Å². The van der Waals surface area contributed by atoms with Gasteiger partial charge in [-0.05, 0) is 57.0 Å². The third kappa shape index (κ3) is 3.67. The number of rotatable bonds is 2. The van der Waals surface area contributed by atoms with Crippen molar-refractivity contribution in [3.8, 4) is 0 Å². The molecule has 0 aromatic carbocycles. The molecule has 4 fully saturated rings. The van der Waals surface area contributed by atoms with Crippen LogP contribution in [0.3, 0.4) is 0 Å². The Kier molecular flexibility index (Phi) is 5.91. The maximum Gasteiger partial charge on any atom is 0.245 e. The van der Waals surface area contributed by atoms with Gasteiger partial charge in [0.1, 0.15) is 6.04 Å². The Morgan fingerprint density at radius 3 is 2.44 bits per heavy atom. The van der Waals surface area contributed by atoms with Crippen molar-refractivity contribution in [1.82, 2.24) is 15.1 Å². The Hall–Kier alpha value is -0.850. The van der Waals surface area contributed by atoms with Crippen molar-refractivity contribution >= 4 is 24.2 Å². The highest BCUT2D eigenvalue weighted by Crippen LogP contribution is 2.59. The Morgan fingerprint density at radius 2 is 1.72 bits per heavy atom. The van der Waals surface area contributed by atoms with Gasteiger partial charge in [0.2, 0.25) is 11.8 Å². The van der Waals surface area contributed by atoms with Crippen LogP contribution in [-0.4, -0.2) is 73.6 Å². The number of hydrogen-bond donors (Lipinski definition) is 1. The maximum absolute atomic E-state index is 13.1. The summed E-state index contributed by atoms with van der Waals surface area (Å²) in [6.45, 7) is 5.37. The molecule has 25 heavy (non-hydrogen) atoms. The molecule has 4 aliphatic rings. The van der Waals surface area contributed by atoms with Gasteiger partial charge in [-0.2, -0.15) is 0 Å². The second-order valence-electron chi connectivity index (χ2n) is 7.85. The monoisotopic (exact) mass is 371 g/mol. The van der Waals surface area contributed by atoms with Crippen LogP contribution in [0.5, 0.6) is 0 Å². The summed E-state index contributed by atoms with van der Waals surface area (Å²) in [4.78, 5) is 29.9. The van der Waals surface area contributed by atoms with Gasteiger partial charge < -0.3 is 19.9 Å². The molecule has 3 saturated heterocycles. The van der Waals surface area contributed by atoms with Crippen LogP contribution >= 0.6 is 12.4 Å². The highest BCUT2D eigenvalue weighted by atomic mass is 35.5. The third-order valence-corrected chi connectivity index (χ3v) is 6.48. The Balaban J connectivity index is 0.00000182. The van der Waals surface area contributed by atoms with Crippen LogP contribution in [0, 0.1) is 11.3 Å². The molecule has 3 aliphatic heterocycles. The van der Waals surface area contributed by atoms with Crippen molar-refractivity contribution in [3.05, 3.63) is 0 Å². The predicted molar refractivity (Wildman–Crippen MR) is 96.6 cm³/mol. The van der Waals surface area contributed by atoms with Crippen molar-refractivity contribution in [2.75, 3.05) is 45.9 Å². The second-order valence-corrected chi connectivity index (χ2v) is 7.85. The molecule has 0 aromatic heterocycles. The largest absolute Gasteiger partial charge is 0.378 e. The van der Waals surface area contributed by atoms with Crippen LogP contribution in [0.2, 0.25) is 0 Å². The van der Waals surface area contributed by atoms with E-state index in [1.807, 2.05) is 9.80 Å². The molecular formula is C18H30ClN3O3. The molecular weight excluding hydrogens is 342 g/mol. The van der Waals surface area contributed by atoms with Crippen LogP contribution in [0.1, 0.15) is 38.5 Å². The van der Waals surface area contributed by atoms with E-state index in [0.29, 0.717) is 26.3 Å². The fourth-order valence-corrected chi connectivity index (χ4v) is 4.82. The van der Waals surface area contributed by atoms with Gasteiger partial charge in [0.05, 0.1) is 13.2 Å². The van der Waals surface area contributed by atoms with Gasteiger partial charge >= 0.3 is 0 Å². The summed E-state index contributed by atoms with van der Waals surface area (Å²) >= 11 is 0. The summed E-state index contributed by atoms with van der Waals surface area (Å²) in [6.07, 6.45) is 6.15. The Bertz CT molecular complexity index is 504. The lowest BCUT2D eigenvalue weighted by Crippen LogP contribution is -2.55. The van der Waals surface area contributed by atoms with Crippen LogP contribution in [0.4, 0.5) is 0 Å². The van der Waals surface area contributed by atoms with E-state index in [1.165, 1.54) is 0 Å². The van der Waals surface area contributed by atoms with Gasteiger partial charge in [-0.15, -0.1) is 12.4 Å². The molecule has 4 rings (SSSR count). The summed E-state index contributed by atoms with van der Waals surface area (Å²) < 4.78 is 5.35. The first-order valence-corrected chi connectivity index (χ1v) is 9.59. The number of nitrogens with zero attached hydrogens (tertiary/aromatic N) is 2. The zero-order chi connectivity index (χ0) is 16.6. The third-order valence-electron chi connectivity index (χ3n) is 6.48. The summed E-state index contributed by atoms with van der Waals surface area (Å²) in [5.41, 5.74) is 0.242. The topological polar surface area (TPSA) is 61.9 Å². The minimum atomic E-state index is -0.233. The second kappa shape index (κ2) is 7.80.